The summed E-state index contributed by atoms with van der Waals surface area (Å²) in [7, 11) is 3.18. The fourth-order valence-corrected chi connectivity index (χ4v) is 5.14. The number of carbonyl (C=O) groups excluding carboxylic acids is 2. The summed E-state index contributed by atoms with van der Waals surface area (Å²) in [5.74, 6) is -0.876. The molecule has 0 fully saturated rings. The minimum absolute atomic E-state index is 0.0870. The number of benzene rings is 3. The van der Waals surface area contributed by atoms with Crippen LogP contribution in [0.2, 0.25) is 0 Å². The van der Waals surface area contributed by atoms with Crippen LogP contribution in [0.1, 0.15) is 62.0 Å². The first-order chi connectivity index (χ1) is 23.7. The highest BCUT2D eigenvalue weighted by Crippen LogP contribution is 2.34. The number of aromatic nitrogens is 5. The van der Waals surface area contributed by atoms with E-state index in [1.54, 1.807) is 78.2 Å². The normalized spacial score (nSPS) is 12.0. The molecule has 0 bridgehead atoms. The van der Waals surface area contributed by atoms with Gasteiger partial charge in [0.05, 0.1) is 17.3 Å². The number of H-pyrrole nitrogens is 1. The summed E-state index contributed by atoms with van der Waals surface area (Å²) in [4.78, 5) is 46.9. The van der Waals surface area contributed by atoms with Crippen LogP contribution in [0.5, 0.6) is 5.75 Å². The van der Waals surface area contributed by atoms with Gasteiger partial charge in [0.1, 0.15) is 11.4 Å². The number of para-hydroxylation sites is 2. The quantitative estimate of drug-likeness (QED) is 0.175. The van der Waals surface area contributed by atoms with Gasteiger partial charge in [-0.25, -0.2) is 14.0 Å². The highest BCUT2D eigenvalue weighted by atomic mass is 19.1. The highest BCUT2D eigenvalue weighted by molar-refractivity contribution is 5.87. The van der Waals surface area contributed by atoms with Crippen LogP contribution in [0.15, 0.2) is 70.0 Å². The standard InChI is InChI=1S/C36H40FN7O6/c1-8-22-17-25(31(37)29(19-22)48-20-30(45)43(6)7)26(18-23-13-15-24(16-14-23)32-38-21(2)50-42-32)33-40-34(46)44(41-33)28-12-10-9-11-27(28)39-35(47)49-36(3,4)5/h9-17,19,26H,8,18,20H2,1-7H3,(H,39,47)(H,40,41,46). The Morgan fingerprint density at radius 3 is 2.44 bits per heavy atom. The fraction of sp³-hybridized carbons (Fsp3) is 0.333. The number of rotatable bonds is 11. The van der Waals surface area contributed by atoms with E-state index >= 15 is 4.39 Å². The lowest BCUT2D eigenvalue weighted by molar-refractivity contribution is -0.130. The number of nitrogens with zero attached hydrogens (tertiary/aromatic N) is 5. The Morgan fingerprint density at radius 1 is 1.08 bits per heavy atom. The summed E-state index contributed by atoms with van der Waals surface area (Å²) in [5, 5.41) is 11.3. The third-order valence-corrected chi connectivity index (χ3v) is 7.67. The van der Waals surface area contributed by atoms with Crippen molar-refractivity contribution in [2.45, 2.75) is 59.0 Å². The van der Waals surface area contributed by atoms with Crippen LogP contribution in [0.4, 0.5) is 14.9 Å². The maximum atomic E-state index is 16.5. The fourth-order valence-electron chi connectivity index (χ4n) is 5.14. The minimum atomic E-state index is -0.813. The maximum absolute atomic E-state index is 16.5. The second kappa shape index (κ2) is 14.8. The number of hydrogen-bond donors (Lipinski definition) is 2. The zero-order valence-electron chi connectivity index (χ0n) is 29.0. The predicted molar refractivity (Wildman–Crippen MR) is 184 cm³/mol. The van der Waals surface area contributed by atoms with Crippen molar-refractivity contribution < 1.29 is 28.0 Å². The van der Waals surface area contributed by atoms with Crippen molar-refractivity contribution in [2.75, 3.05) is 26.0 Å². The van der Waals surface area contributed by atoms with Crippen molar-refractivity contribution in [3.8, 4) is 22.8 Å². The van der Waals surface area contributed by atoms with E-state index in [9.17, 15) is 14.4 Å². The van der Waals surface area contributed by atoms with Gasteiger partial charge in [-0.15, -0.1) is 5.10 Å². The Labute approximate surface area is 288 Å². The lowest BCUT2D eigenvalue weighted by Gasteiger charge is -2.20. The number of carbonyl (C=O) groups is 2. The molecule has 3 aromatic carbocycles. The molecule has 0 aliphatic heterocycles. The maximum Gasteiger partial charge on any atom is 0.412 e. The molecule has 1 atom stereocenters. The van der Waals surface area contributed by atoms with Crippen LogP contribution in [0.3, 0.4) is 0 Å². The van der Waals surface area contributed by atoms with Gasteiger partial charge < -0.3 is 18.9 Å². The number of aryl methyl sites for hydroxylation is 2. The number of ether oxygens (including phenoxy) is 2. The molecule has 0 aliphatic carbocycles. The number of amides is 2. The van der Waals surface area contributed by atoms with Crippen LogP contribution in [0, 0.1) is 12.7 Å². The van der Waals surface area contributed by atoms with Gasteiger partial charge in [0, 0.05) is 32.1 Å². The van der Waals surface area contributed by atoms with Gasteiger partial charge in [-0.3, -0.25) is 15.1 Å². The first-order valence-corrected chi connectivity index (χ1v) is 16.1. The molecule has 2 aromatic heterocycles. The molecule has 50 heavy (non-hydrogen) atoms. The first-order valence-electron chi connectivity index (χ1n) is 16.1. The lowest BCUT2D eigenvalue weighted by atomic mass is 9.89. The SMILES string of the molecule is CCc1cc(OCC(=O)N(C)C)c(F)c(C(Cc2ccc(-c3noc(C)n3)cc2)c2nn(-c3ccccc3NC(=O)OC(C)(C)C)c(=O)[nH]2)c1. The lowest BCUT2D eigenvalue weighted by Crippen LogP contribution is -2.28. The number of halogens is 1. The van der Waals surface area contributed by atoms with E-state index in [1.807, 2.05) is 31.2 Å². The predicted octanol–water partition coefficient (Wildman–Crippen LogP) is 5.81. The number of hydrogen-bond acceptors (Lipinski definition) is 9. The van der Waals surface area contributed by atoms with Gasteiger partial charge in [-0.2, -0.15) is 9.67 Å². The zero-order chi connectivity index (χ0) is 36.2. The summed E-state index contributed by atoms with van der Waals surface area (Å²) in [6.07, 6.45) is 0.0619. The van der Waals surface area contributed by atoms with Crippen molar-refractivity contribution in [1.82, 2.24) is 29.8 Å². The van der Waals surface area contributed by atoms with E-state index in [1.165, 1.54) is 4.90 Å². The molecular formula is C36H40FN7O6. The van der Waals surface area contributed by atoms with Crippen molar-refractivity contribution in [1.29, 1.82) is 0 Å². The van der Waals surface area contributed by atoms with Crippen LogP contribution in [-0.2, 0) is 22.4 Å². The molecule has 0 radical (unpaired) electrons. The smallest absolute Gasteiger partial charge is 0.412 e. The largest absolute Gasteiger partial charge is 0.481 e. The summed E-state index contributed by atoms with van der Waals surface area (Å²) in [6.45, 7) is 8.49. The third-order valence-electron chi connectivity index (χ3n) is 7.67. The number of nitrogens with one attached hydrogen (secondary N) is 2. The van der Waals surface area contributed by atoms with Gasteiger partial charge in [0.15, 0.2) is 18.2 Å². The third kappa shape index (κ3) is 8.43. The van der Waals surface area contributed by atoms with Gasteiger partial charge >= 0.3 is 11.8 Å². The van der Waals surface area contributed by atoms with Crippen molar-refractivity contribution in [3.63, 3.8) is 0 Å². The van der Waals surface area contributed by atoms with E-state index in [0.29, 0.717) is 18.1 Å². The summed E-state index contributed by atoms with van der Waals surface area (Å²) in [6, 6.07) is 17.3. The van der Waals surface area contributed by atoms with E-state index < -0.39 is 29.1 Å². The Balaban J connectivity index is 1.58. The second-order valence-corrected chi connectivity index (χ2v) is 12.9. The van der Waals surface area contributed by atoms with E-state index in [4.69, 9.17) is 14.0 Å². The molecule has 1 unspecified atom stereocenters. The summed E-state index contributed by atoms with van der Waals surface area (Å²) < 4.78 is 33.8. The molecule has 0 aliphatic rings. The van der Waals surface area contributed by atoms with Gasteiger partial charge in [0.25, 0.3) is 5.91 Å². The van der Waals surface area contributed by atoms with Crippen LogP contribution in [0.25, 0.3) is 17.1 Å². The van der Waals surface area contributed by atoms with E-state index in [2.05, 4.69) is 25.5 Å². The van der Waals surface area contributed by atoms with Gasteiger partial charge in [0.2, 0.25) is 11.7 Å². The molecule has 2 amide bonds. The topological polar surface area (TPSA) is 157 Å². The molecule has 2 heterocycles. The number of likely N-dealkylation sites (N-methyl/N-ethyl adjacent to an activating group) is 1. The second-order valence-electron chi connectivity index (χ2n) is 12.9. The highest BCUT2D eigenvalue weighted by Gasteiger charge is 2.27. The Hall–Kier alpha value is -5.79. The molecule has 5 aromatic rings. The molecule has 0 saturated carbocycles. The van der Waals surface area contributed by atoms with Gasteiger partial charge in [-0.05, 0) is 62.9 Å². The molecule has 13 nitrogen and oxygen atoms in total. The molecule has 14 heteroatoms. The van der Waals surface area contributed by atoms with Crippen molar-refractivity contribution in [3.05, 3.63) is 105 Å². The number of aromatic amines is 1. The van der Waals surface area contributed by atoms with Crippen LogP contribution >= 0.6 is 0 Å². The molecule has 0 saturated heterocycles. The van der Waals surface area contributed by atoms with Crippen LogP contribution in [-0.4, -0.2) is 68.1 Å². The minimum Gasteiger partial charge on any atom is -0.481 e. The average Bonchev–Trinajstić information content (AvgIpc) is 3.67. The Morgan fingerprint density at radius 2 is 1.80 bits per heavy atom. The van der Waals surface area contributed by atoms with Crippen molar-refractivity contribution >= 4 is 17.7 Å². The molecule has 2 N–H and O–H groups in total. The molecule has 262 valence electrons. The summed E-state index contributed by atoms with van der Waals surface area (Å²) >= 11 is 0. The van der Waals surface area contributed by atoms with Gasteiger partial charge in [-0.1, -0.05) is 54.5 Å². The monoisotopic (exact) mass is 685 g/mol. The Bertz CT molecular complexity index is 2040. The number of anilines is 1. The van der Waals surface area contributed by atoms with E-state index in [0.717, 1.165) is 21.4 Å². The summed E-state index contributed by atoms with van der Waals surface area (Å²) in [5.41, 5.74) is 1.72. The molecule has 5 rings (SSSR count). The molecular weight excluding hydrogens is 645 g/mol. The first kappa shape index (κ1) is 35.5. The Kier molecular flexibility index (Phi) is 10.5. The zero-order valence-corrected chi connectivity index (χ0v) is 29.0. The molecule has 0 spiro atoms. The van der Waals surface area contributed by atoms with Crippen LogP contribution < -0.4 is 15.7 Å². The van der Waals surface area contributed by atoms with E-state index in [-0.39, 0.29) is 47.4 Å². The van der Waals surface area contributed by atoms with Crippen molar-refractivity contribution in [2.24, 2.45) is 0 Å². The average molecular weight is 686 g/mol.